The number of hydrogen-bond donors (Lipinski definition) is 2. The lowest BCUT2D eigenvalue weighted by Crippen LogP contribution is -2.46. The van der Waals surface area contributed by atoms with Crippen LogP contribution < -0.4 is 0 Å². The van der Waals surface area contributed by atoms with E-state index in [1.807, 2.05) is 0 Å². The third kappa shape index (κ3) is 1.84. The van der Waals surface area contributed by atoms with Crippen LogP contribution in [0.15, 0.2) is 0 Å². The van der Waals surface area contributed by atoms with Crippen LogP contribution in [0.5, 0.6) is 0 Å². The van der Waals surface area contributed by atoms with Crippen molar-refractivity contribution in [2.75, 3.05) is 0 Å². The molecule has 2 bridgehead atoms. The standard InChI is InChI=1S/C11H17F3O2/c1-10(16,11(12,13)14)5-8-6-2-3-7(4-6)9(8)15/h6-9,15-16H,2-5H2,1H3. The Labute approximate surface area is 92.5 Å². The third-order valence-electron chi connectivity index (χ3n) is 4.28. The summed E-state index contributed by atoms with van der Waals surface area (Å²) in [5.41, 5.74) is -2.68. The van der Waals surface area contributed by atoms with Gasteiger partial charge in [-0.25, -0.2) is 0 Å². The fourth-order valence-corrected chi connectivity index (χ4v) is 3.24. The van der Waals surface area contributed by atoms with Gasteiger partial charge in [-0.2, -0.15) is 13.2 Å². The summed E-state index contributed by atoms with van der Waals surface area (Å²) in [5.74, 6) is -0.0803. The first-order valence-electron chi connectivity index (χ1n) is 5.69. The van der Waals surface area contributed by atoms with E-state index in [9.17, 15) is 23.4 Å². The number of hydrogen-bond acceptors (Lipinski definition) is 2. The first kappa shape index (κ1) is 12.2. The monoisotopic (exact) mass is 238 g/mol. The maximum Gasteiger partial charge on any atom is 0.416 e. The molecule has 5 heteroatoms. The number of alkyl halides is 3. The van der Waals surface area contributed by atoms with E-state index >= 15 is 0 Å². The van der Waals surface area contributed by atoms with Crippen molar-refractivity contribution < 1.29 is 23.4 Å². The van der Waals surface area contributed by atoms with E-state index < -0.39 is 23.8 Å². The van der Waals surface area contributed by atoms with Gasteiger partial charge in [-0.3, -0.25) is 0 Å². The second-order valence-corrected chi connectivity index (χ2v) is 5.46. The number of aliphatic hydroxyl groups is 2. The lowest BCUT2D eigenvalue weighted by atomic mass is 9.79. The van der Waals surface area contributed by atoms with Crippen molar-refractivity contribution in [3.8, 4) is 0 Å². The molecule has 5 unspecified atom stereocenters. The molecule has 0 spiro atoms. The molecule has 16 heavy (non-hydrogen) atoms. The van der Waals surface area contributed by atoms with Gasteiger partial charge in [0.25, 0.3) is 0 Å². The lowest BCUT2D eigenvalue weighted by molar-refractivity contribution is -0.261. The number of rotatable bonds is 2. The summed E-state index contributed by atoms with van der Waals surface area (Å²) in [6.07, 6.45) is -3.03. The highest BCUT2D eigenvalue weighted by molar-refractivity contribution is 5.00. The Hall–Kier alpha value is -0.290. The molecule has 0 amide bonds. The van der Waals surface area contributed by atoms with Gasteiger partial charge in [-0.05, 0) is 50.4 Å². The van der Waals surface area contributed by atoms with Crippen LogP contribution in [0.2, 0.25) is 0 Å². The summed E-state index contributed by atoms with van der Waals surface area (Å²) in [7, 11) is 0. The average Bonchev–Trinajstić information content (AvgIpc) is 2.67. The summed E-state index contributed by atoms with van der Waals surface area (Å²) in [6, 6.07) is 0. The summed E-state index contributed by atoms with van der Waals surface area (Å²) in [4.78, 5) is 0. The molecule has 0 heterocycles. The molecule has 2 nitrogen and oxygen atoms in total. The van der Waals surface area contributed by atoms with Crippen molar-refractivity contribution >= 4 is 0 Å². The van der Waals surface area contributed by atoms with Gasteiger partial charge in [0.05, 0.1) is 6.10 Å². The van der Waals surface area contributed by atoms with E-state index in [4.69, 9.17) is 0 Å². The summed E-state index contributed by atoms with van der Waals surface area (Å²) in [6.45, 7) is 0.797. The molecule has 0 aromatic rings. The second kappa shape index (κ2) is 3.60. The van der Waals surface area contributed by atoms with Crippen molar-refractivity contribution in [3.63, 3.8) is 0 Å². The fourth-order valence-electron chi connectivity index (χ4n) is 3.24. The van der Waals surface area contributed by atoms with Crippen LogP contribution in [-0.4, -0.2) is 28.1 Å². The highest BCUT2D eigenvalue weighted by Gasteiger charge is 2.55. The molecule has 0 saturated heterocycles. The van der Waals surface area contributed by atoms with Crippen molar-refractivity contribution in [1.29, 1.82) is 0 Å². The van der Waals surface area contributed by atoms with Crippen LogP contribution in [0.25, 0.3) is 0 Å². The molecule has 2 rings (SSSR count). The molecular weight excluding hydrogens is 221 g/mol. The molecule has 2 aliphatic rings. The Balaban J connectivity index is 2.05. The minimum Gasteiger partial charge on any atom is -0.393 e. The topological polar surface area (TPSA) is 40.5 Å². The fraction of sp³-hybridized carbons (Fsp3) is 1.00. The Bertz CT molecular complexity index is 273. The van der Waals surface area contributed by atoms with Gasteiger partial charge in [0.2, 0.25) is 0 Å². The van der Waals surface area contributed by atoms with Crippen molar-refractivity contribution in [2.45, 2.75) is 50.5 Å². The molecule has 2 N–H and O–H groups in total. The van der Waals surface area contributed by atoms with Crippen LogP contribution in [-0.2, 0) is 0 Å². The van der Waals surface area contributed by atoms with E-state index in [-0.39, 0.29) is 18.3 Å². The molecule has 2 fully saturated rings. The Morgan fingerprint density at radius 1 is 1.19 bits per heavy atom. The molecule has 0 radical (unpaired) electrons. The summed E-state index contributed by atoms with van der Waals surface area (Å²) in [5, 5.41) is 19.3. The zero-order valence-corrected chi connectivity index (χ0v) is 9.17. The number of fused-ring (bicyclic) bond motifs is 2. The Morgan fingerprint density at radius 2 is 1.75 bits per heavy atom. The highest BCUT2D eigenvalue weighted by Crippen LogP contribution is 2.52. The third-order valence-corrected chi connectivity index (χ3v) is 4.28. The Morgan fingerprint density at radius 3 is 2.19 bits per heavy atom. The van der Waals surface area contributed by atoms with E-state index in [1.54, 1.807) is 0 Å². The largest absolute Gasteiger partial charge is 0.416 e. The van der Waals surface area contributed by atoms with Crippen LogP contribution in [0.4, 0.5) is 13.2 Å². The minimum atomic E-state index is -4.62. The predicted molar refractivity (Wildman–Crippen MR) is 51.6 cm³/mol. The molecule has 0 aromatic carbocycles. The summed E-state index contributed by atoms with van der Waals surface area (Å²) < 4.78 is 37.6. The van der Waals surface area contributed by atoms with Gasteiger partial charge in [0, 0.05) is 0 Å². The van der Waals surface area contributed by atoms with Gasteiger partial charge >= 0.3 is 6.18 Å². The molecule has 0 aromatic heterocycles. The average molecular weight is 238 g/mol. The minimum absolute atomic E-state index is 0.152. The second-order valence-electron chi connectivity index (χ2n) is 5.46. The van der Waals surface area contributed by atoms with Gasteiger partial charge in [0.15, 0.2) is 5.60 Å². The maximum atomic E-state index is 12.5. The molecule has 5 atom stereocenters. The smallest absolute Gasteiger partial charge is 0.393 e. The molecule has 2 aliphatic carbocycles. The zero-order chi connectivity index (χ0) is 12.1. The first-order chi connectivity index (χ1) is 7.22. The van der Waals surface area contributed by atoms with Gasteiger partial charge in [-0.1, -0.05) is 0 Å². The van der Waals surface area contributed by atoms with Gasteiger partial charge < -0.3 is 10.2 Å². The quantitative estimate of drug-likeness (QED) is 0.773. The number of halogens is 3. The molecule has 94 valence electrons. The van der Waals surface area contributed by atoms with E-state index in [0.717, 1.165) is 26.2 Å². The van der Waals surface area contributed by atoms with Gasteiger partial charge in [-0.15, -0.1) is 0 Å². The Kier molecular flexibility index (Phi) is 2.74. The maximum absolute atomic E-state index is 12.5. The van der Waals surface area contributed by atoms with E-state index in [1.165, 1.54) is 0 Å². The van der Waals surface area contributed by atoms with Crippen molar-refractivity contribution in [2.24, 2.45) is 17.8 Å². The molecular formula is C11H17F3O2. The molecule has 0 aliphatic heterocycles. The van der Waals surface area contributed by atoms with Crippen LogP contribution in [0.3, 0.4) is 0 Å². The predicted octanol–water partition coefficient (Wildman–Crippen LogP) is 2.10. The number of aliphatic hydroxyl groups excluding tert-OH is 1. The first-order valence-corrected chi connectivity index (χ1v) is 5.69. The van der Waals surface area contributed by atoms with E-state index in [2.05, 4.69) is 0 Å². The lowest BCUT2D eigenvalue weighted by Gasteiger charge is -2.34. The van der Waals surface area contributed by atoms with Crippen LogP contribution in [0, 0.1) is 17.8 Å². The zero-order valence-electron chi connectivity index (χ0n) is 9.17. The highest BCUT2D eigenvalue weighted by atomic mass is 19.4. The van der Waals surface area contributed by atoms with Crippen molar-refractivity contribution in [3.05, 3.63) is 0 Å². The van der Waals surface area contributed by atoms with Crippen LogP contribution >= 0.6 is 0 Å². The van der Waals surface area contributed by atoms with E-state index in [0.29, 0.717) is 0 Å². The van der Waals surface area contributed by atoms with Crippen molar-refractivity contribution in [1.82, 2.24) is 0 Å². The van der Waals surface area contributed by atoms with Gasteiger partial charge in [0.1, 0.15) is 0 Å². The SMILES string of the molecule is CC(O)(CC1C2CCC(C2)C1O)C(F)(F)F. The molecule has 2 saturated carbocycles. The van der Waals surface area contributed by atoms with Crippen LogP contribution in [0.1, 0.15) is 32.6 Å². The normalized spacial score (nSPS) is 42.4. The summed E-state index contributed by atoms with van der Waals surface area (Å²) >= 11 is 0.